The zero-order valence-corrected chi connectivity index (χ0v) is 16.4. The van der Waals surface area contributed by atoms with E-state index in [1.807, 2.05) is 48.5 Å². The molecule has 2 nitrogen and oxygen atoms in total. The Hall–Kier alpha value is -3.36. The van der Waals surface area contributed by atoms with Crippen molar-refractivity contribution in [2.75, 3.05) is 4.90 Å². The van der Waals surface area contributed by atoms with Crippen molar-refractivity contribution in [1.82, 2.24) is 0 Å². The van der Waals surface area contributed by atoms with Gasteiger partial charge >= 0.3 is 0 Å². The van der Waals surface area contributed by atoms with Crippen LogP contribution in [0.3, 0.4) is 0 Å². The van der Waals surface area contributed by atoms with Crippen LogP contribution in [0.5, 0.6) is 0 Å². The van der Waals surface area contributed by atoms with Crippen LogP contribution in [0.15, 0.2) is 103 Å². The summed E-state index contributed by atoms with van der Waals surface area (Å²) in [5.74, 6) is 0. The number of nitrogens with zero attached hydrogens (tertiary/aromatic N) is 1. The molecule has 1 aliphatic heterocycles. The number of fused-ring (bicyclic) bond motifs is 2. The highest BCUT2D eigenvalue weighted by Crippen LogP contribution is 2.51. The topological polar surface area (TPSA) is 23.5 Å². The molecule has 0 bridgehead atoms. The lowest BCUT2D eigenvalue weighted by Crippen LogP contribution is -2.38. The number of aliphatic hydroxyl groups is 1. The van der Waals surface area contributed by atoms with Gasteiger partial charge in [-0.3, -0.25) is 0 Å². The first-order valence-electron chi connectivity index (χ1n) is 9.98. The first-order valence-corrected chi connectivity index (χ1v) is 9.98. The monoisotopic (exact) mass is 377 g/mol. The van der Waals surface area contributed by atoms with E-state index in [-0.39, 0.29) is 0 Å². The number of hydrogen-bond donors (Lipinski definition) is 1. The van der Waals surface area contributed by atoms with Gasteiger partial charge in [-0.1, -0.05) is 91.0 Å². The third-order valence-corrected chi connectivity index (χ3v) is 5.89. The van der Waals surface area contributed by atoms with E-state index >= 15 is 0 Å². The molecular weight excluding hydrogens is 354 g/mol. The Morgan fingerprint density at radius 3 is 1.69 bits per heavy atom. The van der Waals surface area contributed by atoms with E-state index in [1.165, 1.54) is 5.56 Å². The van der Waals surface area contributed by atoms with E-state index in [1.54, 1.807) is 0 Å². The summed E-state index contributed by atoms with van der Waals surface area (Å²) in [6.45, 7) is 2.81. The predicted octanol–water partition coefficient (Wildman–Crippen LogP) is 5.93. The van der Waals surface area contributed by atoms with E-state index in [0.29, 0.717) is 0 Å². The van der Waals surface area contributed by atoms with Gasteiger partial charge < -0.3 is 10.0 Å². The molecule has 4 aromatic carbocycles. The predicted molar refractivity (Wildman–Crippen MR) is 118 cm³/mol. The van der Waals surface area contributed by atoms with Crippen LogP contribution in [0.4, 0.5) is 11.4 Å². The molecule has 0 fully saturated rings. The number of aryl methyl sites for hydroxylation is 1. The van der Waals surface area contributed by atoms with Gasteiger partial charge in [0, 0.05) is 29.0 Å². The Bertz CT molecular complexity index is 1120. The van der Waals surface area contributed by atoms with Gasteiger partial charge in [0.15, 0.2) is 0 Å². The Balaban J connectivity index is 1.77. The van der Waals surface area contributed by atoms with Gasteiger partial charge in [-0.15, -0.1) is 0 Å². The fourth-order valence-corrected chi connectivity index (χ4v) is 4.51. The van der Waals surface area contributed by atoms with Crippen molar-refractivity contribution in [2.24, 2.45) is 0 Å². The second-order valence-corrected chi connectivity index (χ2v) is 7.63. The molecular formula is C27H23NO. The second-order valence-electron chi connectivity index (χ2n) is 7.63. The van der Waals surface area contributed by atoms with Crippen LogP contribution in [-0.4, -0.2) is 5.11 Å². The molecule has 1 aliphatic rings. The lowest BCUT2D eigenvalue weighted by molar-refractivity contribution is 0.124. The first kappa shape index (κ1) is 17.7. The minimum atomic E-state index is -1.19. The molecule has 2 heteroatoms. The van der Waals surface area contributed by atoms with Gasteiger partial charge in [0.2, 0.25) is 0 Å². The minimum absolute atomic E-state index is 0.749. The molecule has 0 saturated carbocycles. The summed E-state index contributed by atoms with van der Waals surface area (Å²) in [7, 11) is 0. The van der Waals surface area contributed by atoms with Crippen molar-refractivity contribution in [1.29, 1.82) is 0 Å². The Labute approximate surface area is 171 Å². The fourth-order valence-electron chi connectivity index (χ4n) is 4.51. The molecule has 0 spiro atoms. The van der Waals surface area contributed by atoms with Gasteiger partial charge in [0.25, 0.3) is 0 Å². The molecule has 142 valence electrons. The molecule has 0 amide bonds. The maximum absolute atomic E-state index is 12.3. The van der Waals surface area contributed by atoms with E-state index in [4.69, 9.17) is 0 Å². The van der Waals surface area contributed by atoms with E-state index in [0.717, 1.165) is 40.2 Å². The van der Waals surface area contributed by atoms with Crippen LogP contribution in [0.1, 0.15) is 27.8 Å². The van der Waals surface area contributed by atoms with Crippen LogP contribution in [-0.2, 0) is 12.1 Å². The molecule has 0 aromatic heterocycles. The molecule has 1 heterocycles. The Kier molecular flexibility index (Phi) is 4.22. The zero-order valence-electron chi connectivity index (χ0n) is 16.4. The number of benzene rings is 4. The molecule has 0 aliphatic carbocycles. The number of rotatable bonds is 3. The quantitative estimate of drug-likeness (QED) is 0.478. The summed E-state index contributed by atoms with van der Waals surface area (Å²) in [6, 6.07) is 35.0. The molecule has 0 saturated heterocycles. The Morgan fingerprint density at radius 2 is 1.10 bits per heavy atom. The van der Waals surface area contributed by atoms with Crippen LogP contribution in [0.2, 0.25) is 0 Å². The standard InChI is InChI=1S/C27H23NO/c1-20-11-5-6-14-22(20)27(29)23-15-7-9-17-25(23)28(19-21-12-3-2-4-13-21)26-18-10-8-16-24(26)27/h2-18,29H,19H2,1H3. The molecule has 5 rings (SSSR count). The van der Waals surface area contributed by atoms with Crippen LogP contribution >= 0.6 is 0 Å². The van der Waals surface area contributed by atoms with Crippen molar-refractivity contribution >= 4 is 11.4 Å². The summed E-state index contributed by atoms with van der Waals surface area (Å²) < 4.78 is 0. The average molecular weight is 377 g/mol. The number of hydrogen-bond acceptors (Lipinski definition) is 2. The Morgan fingerprint density at radius 1 is 0.621 bits per heavy atom. The van der Waals surface area contributed by atoms with Crippen LogP contribution in [0.25, 0.3) is 0 Å². The second kappa shape index (κ2) is 6.91. The van der Waals surface area contributed by atoms with E-state index in [9.17, 15) is 5.11 Å². The van der Waals surface area contributed by atoms with Gasteiger partial charge in [0.05, 0.1) is 0 Å². The molecule has 29 heavy (non-hydrogen) atoms. The number of para-hydroxylation sites is 2. The third-order valence-electron chi connectivity index (χ3n) is 5.89. The summed E-state index contributed by atoms with van der Waals surface area (Å²) in [5, 5.41) is 12.3. The summed E-state index contributed by atoms with van der Waals surface area (Å²) in [6.07, 6.45) is 0. The van der Waals surface area contributed by atoms with Crippen LogP contribution in [0, 0.1) is 6.92 Å². The minimum Gasteiger partial charge on any atom is -0.376 e. The zero-order chi connectivity index (χ0) is 19.8. The first-order chi connectivity index (χ1) is 14.2. The molecule has 0 atom stereocenters. The smallest absolute Gasteiger partial charge is 0.144 e. The highest BCUT2D eigenvalue weighted by atomic mass is 16.3. The molecule has 0 radical (unpaired) electrons. The average Bonchev–Trinajstić information content (AvgIpc) is 2.78. The van der Waals surface area contributed by atoms with E-state index < -0.39 is 5.60 Å². The molecule has 4 aromatic rings. The van der Waals surface area contributed by atoms with Gasteiger partial charge in [-0.2, -0.15) is 0 Å². The van der Waals surface area contributed by atoms with Crippen molar-refractivity contribution in [3.8, 4) is 0 Å². The molecule has 1 N–H and O–H groups in total. The maximum Gasteiger partial charge on any atom is 0.144 e. The van der Waals surface area contributed by atoms with Gasteiger partial charge in [-0.05, 0) is 35.7 Å². The number of anilines is 2. The van der Waals surface area contributed by atoms with Crippen molar-refractivity contribution in [2.45, 2.75) is 19.1 Å². The fraction of sp³-hybridized carbons (Fsp3) is 0.111. The third kappa shape index (κ3) is 2.76. The highest BCUT2D eigenvalue weighted by molar-refractivity contribution is 5.79. The lowest BCUT2D eigenvalue weighted by Gasteiger charge is -2.43. The maximum atomic E-state index is 12.3. The van der Waals surface area contributed by atoms with Crippen LogP contribution < -0.4 is 4.90 Å². The van der Waals surface area contributed by atoms with Crippen molar-refractivity contribution < 1.29 is 5.11 Å². The normalized spacial score (nSPS) is 14.2. The lowest BCUT2D eigenvalue weighted by atomic mass is 9.74. The van der Waals surface area contributed by atoms with Crippen molar-refractivity contribution in [3.05, 3.63) is 131 Å². The summed E-state index contributed by atoms with van der Waals surface area (Å²) >= 11 is 0. The highest BCUT2D eigenvalue weighted by Gasteiger charge is 2.43. The molecule has 0 unspecified atom stereocenters. The SMILES string of the molecule is Cc1ccccc1C1(O)c2ccccc2N(Cc2ccccc2)c2ccccc21. The van der Waals surface area contributed by atoms with Gasteiger partial charge in [0.1, 0.15) is 5.60 Å². The summed E-state index contributed by atoms with van der Waals surface area (Å²) in [5.41, 5.74) is 5.98. The van der Waals surface area contributed by atoms with Gasteiger partial charge in [-0.25, -0.2) is 0 Å². The van der Waals surface area contributed by atoms with E-state index in [2.05, 4.69) is 66.4 Å². The van der Waals surface area contributed by atoms with Crippen molar-refractivity contribution in [3.63, 3.8) is 0 Å². The summed E-state index contributed by atoms with van der Waals surface area (Å²) in [4.78, 5) is 2.31. The largest absolute Gasteiger partial charge is 0.376 e.